The molecule has 1 aliphatic carbocycles. The van der Waals surface area contributed by atoms with Crippen molar-refractivity contribution in [3.05, 3.63) is 5.32 Å². The molecule has 2 bridgehead atoms. The summed E-state index contributed by atoms with van der Waals surface area (Å²) in [6.07, 6.45) is 12.7. The molecule has 0 aromatic heterocycles. The van der Waals surface area contributed by atoms with Crippen LogP contribution in [0.4, 0.5) is 0 Å². The van der Waals surface area contributed by atoms with Crippen molar-refractivity contribution in [1.29, 1.82) is 0 Å². The van der Waals surface area contributed by atoms with Gasteiger partial charge in [-0.15, -0.1) is 6.04 Å². The SMILES string of the molecule is C.CN1CCC2(CC1)CCN(C(C)(C)C)CC2.CN1CCCC2(CCN(C(C)(C)C)C2)C1.C[N-]C1CC2CC1CN2C(C)(C)C.[Rf]. The second-order valence-corrected chi connectivity index (χ2v) is 19.2. The predicted octanol–water partition coefficient (Wildman–Crippen LogP) is 7.68. The van der Waals surface area contributed by atoms with Crippen molar-refractivity contribution >= 4 is 0 Å². The van der Waals surface area contributed by atoms with E-state index in [0.29, 0.717) is 33.5 Å². The van der Waals surface area contributed by atoms with Crippen LogP contribution in [0.25, 0.3) is 5.32 Å². The summed E-state index contributed by atoms with van der Waals surface area (Å²) in [7, 11) is 6.52. The number of rotatable bonds is 1. The molecule has 0 N–H and O–H groups in total. The standard InChI is InChI=1S/C14H28N2.C13H26N2.C11H21N2.CH4.Rf/c1-13(2,3)16-11-7-14(8-12-16)5-9-15(4)10-6-14;1-12(2,3)15-9-7-13(11-15)6-5-8-14(4)10-13;1-11(2,3)13-7-8-5-9(13)6-10(8)12-4;;/h5-12H2,1-4H3;5-11H2,1-4H3;8-10H,5-7H2,1-4H3;1H4;/q;;-1;;. The van der Waals surface area contributed by atoms with Gasteiger partial charge in [-0.25, -0.2) is 0 Å². The molecular formula is C39H79N6Rf-. The van der Waals surface area contributed by atoms with E-state index < -0.39 is 0 Å². The van der Waals surface area contributed by atoms with Gasteiger partial charge in [0.2, 0.25) is 0 Å². The fraction of sp³-hybridized carbons (Fsp3) is 1.00. The van der Waals surface area contributed by atoms with Crippen LogP contribution in [0, 0.1) is 16.7 Å². The van der Waals surface area contributed by atoms with Gasteiger partial charge in [-0.1, -0.05) is 13.8 Å². The van der Waals surface area contributed by atoms with Crippen molar-refractivity contribution in [2.75, 3.05) is 80.0 Å². The van der Waals surface area contributed by atoms with Crippen LogP contribution in [-0.4, -0.2) is 133 Å². The molecule has 6 fully saturated rings. The number of hydrogen-bond donors (Lipinski definition) is 0. The third kappa shape index (κ3) is 10.1. The summed E-state index contributed by atoms with van der Waals surface area (Å²) in [5, 5.41) is 4.46. The van der Waals surface area contributed by atoms with E-state index in [9.17, 15) is 0 Å². The fourth-order valence-electron chi connectivity index (χ4n) is 9.60. The van der Waals surface area contributed by atoms with E-state index in [1.807, 2.05) is 7.05 Å². The molecule has 5 heterocycles. The van der Waals surface area contributed by atoms with Crippen molar-refractivity contribution < 1.29 is 0 Å². The Morgan fingerprint density at radius 3 is 1.54 bits per heavy atom. The summed E-state index contributed by atoms with van der Waals surface area (Å²) >= 11 is 0. The van der Waals surface area contributed by atoms with Gasteiger partial charge in [-0.2, -0.15) is 7.05 Å². The maximum absolute atomic E-state index is 4.46. The van der Waals surface area contributed by atoms with Gasteiger partial charge in [0.05, 0.1) is 0 Å². The normalized spacial score (nSPS) is 32.7. The van der Waals surface area contributed by atoms with E-state index in [1.54, 1.807) is 0 Å². The van der Waals surface area contributed by atoms with Gasteiger partial charge in [0.1, 0.15) is 0 Å². The van der Waals surface area contributed by atoms with E-state index in [-0.39, 0.29) is 7.43 Å². The minimum Gasteiger partial charge on any atom is -0.662 e. The van der Waals surface area contributed by atoms with Crippen molar-refractivity contribution in [3.63, 3.8) is 0 Å². The van der Waals surface area contributed by atoms with Crippen LogP contribution < -0.4 is 0 Å². The summed E-state index contributed by atoms with van der Waals surface area (Å²) in [6.45, 7) is 32.8. The molecular weight excluding hydrogens is 819 g/mol. The van der Waals surface area contributed by atoms with Gasteiger partial charge in [-0.3, -0.25) is 14.7 Å². The largest absolute Gasteiger partial charge is 0.662 e. The Morgan fingerprint density at radius 1 is 0.587 bits per heavy atom. The Hall–Kier alpha value is -1.24. The summed E-state index contributed by atoms with van der Waals surface area (Å²) in [4.78, 5) is 13.0. The molecule has 4 unspecified atom stereocenters. The summed E-state index contributed by atoms with van der Waals surface area (Å²) in [6, 6.07) is 1.49. The number of likely N-dealkylation sites (tertiary alicyclic amines) is 5. The molecule has 0 amide bonds. The van der Waals surface area contributed by atoms with Crippen LogP contribution in [0.5, 0.6) is 0 Å². The predicted molar refractivity (Wildman–Crippen MR) is 198 cm³/mol. The first kappa shape index (κ1) is 40.9. The Labute approximate surface area is 282 Å². The number of fused-ring (bicyclic) bond motifs is 2. The van der Waals surface area contributed by atoms with Gasteiger partial charge in [-0.05, 0) is 184 Å². The zero-order valence-corrected chi connectivity index (χ0v) is 38.7. The van der Waals surface area contributed by atoms with Crippen molar-refractivity contribution in [2.24, 2.45) is 16.7 Å². The van der Waals surface area contributed by atoms with Gasteiger partial charge in [0, 0.05) is 42.3 Å². The molecule has 46 heavy (non-hydrogen) atoms. The minimum absolute atomic E-state index is 0. The molecule has 0 aromatic rings. The molecule has 6 nitrogen and oxygen atoms in total. The van der Waals surface area contributed by atoms with Crippen molar-refractivity contribution in [1.82, 2.24) is 24.5 Å². The van der Waals surface area contributed by atoms with Crippen molar-refractivity contribution in [3.8, 4) is 0 Å². The maximum Gasteiger partial charge on any atom is 0.0128 e. The van der Waals surface area contributed by atoms with E-state index in [4.69, 9.17) is 0 Å². The Bertz CT molecular complexity index is 888. The second kappa shape index (κ2) is 15.5. The molecule has 0 aromatic carbocycles. The van der Waals surface area contributed by atoms with E-state index >= 15 is 0 Å². The molecule has 6 aliphatic rings. The zero-order chi connectivity index (χ0) is 32.6. The minimum atomic E-state index is 0. The quantitative estimate of drug-likeness (QED) is 0.270. The Morgan fingerprint density at radius 2 is 1.11 bits per heavy atom. The Balaban J connectivity index is 0.000000236. The van der Waals surface area contributed by atoms with Crippen LogP contribution in [-0.2, 0) is 0 Å². The molecule has 268 valence electrons. The van der Waals surface area contributed by atoms with Gasteiger partial charge in [0.15, 0.2) is 0 Å². The molecule has 4 atom stereocenters. The fourth-order valence-corrected chi connectivity index (χ4v) is 9.60. The number of piperidine rings is 4. The van der Waals surface area contributed by atoms with Crippen LogP contribution in [0.15, 0.2) is 0 Å². The van der Waals surface area contributed by atoms with E-state index in [0.717, 1.165) is 12.0 Å². The van der Waals surface area contributed by atoms with Gasteiger partial charge < -0.3 is 15.1 Å². The maximum atomic E-state index is 4.46. The monoisotopic (exact) mass is 899 g/mol. The van der Waals surface area contributed by atoms with Crippen LogP contribution >= 0.6 is 0 Å². The van der Waals surface area contributed by atoms with Crippen molar-refractivity contribution in [2.45, 2.75) is 156 Å². The smallest absolute Gasteiger partial charge is 0.0128 e. The van der Waals surface area contributed by atoms with E-state index in [2.05, 4.69) is 106 Å². The summed E-state index contributed by atoms with van der Waals surface area (Å²) in [5.74, 6) is 0.856. The molecule has 0 radical (unpaired) electrons. The Kier molecular flexibility index (Phi) is 13.8. The first-order valence-corrected chi connectivity index (χ1v) is 18.6. The van der Waals surface area contributed by atoms with E-state index in [1.165, 1.54) is 117 Å². The average Bonchev–Trinajstić information content (AvgIpc) is 3.65. The molecule has 7 heteroatoms. The number of hydrogen-bond acceptors (Lipinski definition) is 5. The molecule has 2 spiro atoms. The summed E-state index contributed by atoms with van der Waals surface area (Å²) in [5.41, 5.74) is 2.42. The molecule has 5 aliphatic heterocycles. The third-order valence-corrected chi connectivity index (χ3v) is 12.8. The first-order chi connectivity index (χ1) is 20.3. The third-order valence-electron chi connectivity index (χ3n) is 12.8. The van der Waals surface area contributed by atoms with Crippen LogP contribution in [0.2, 0.25) is 0 Å². The zero-order valence-electron chi connectivity index (χ0n) is 32.4. The second-order valence-electron chi connectivity index (χ2n) is 19.2. The molecule has 5 saturated heterocycles. The summed E-state index contributed by atoms with van der Waals surface area (Å²) < 4.78 is 0. The topological polar surface area (TPSA) is 30.3 Å². The first-order valence-electron chi connectivity index (χ1n) is 18.6. The molecule has 6 rings (SSSR count). The van der Waals surface area contributed by atoms with Crippen LogP contribution in [0.1, 0.15) is 128 Å². The molecule has 1 saturated carbocycles. The van der Waals surface area contributed by atoms with Gasteiger partial charge >= 0.3 is 0 Å². The average molecular weight is 899 g/mol. The van der Waals surface area contributed by atoms with Crippen LogP contribution in [0.3, 0.4) is 0 Å². The van der Waals surface area contributed by atoms with Gasteiger partial charge in [0.25, 0.3) is 0 Å². The number of nitrogens with zero attached hydrogens (tertiary/aromatic N) is 6.